The van der Waals surface area contributed by atoms with E-state index in [-0.39, 0.29) is 0 Å². The maximum absolute atomic E-state index is 5.95. The van der Waals surface area contributed by atoms with Gasteiger partial charge in [0.1, 0.15) is 0 Å². The standard InChI is InChI=1S/C16H21N3O/c1-2-11-7-9-12(10-8-11)15-18-16(20-19-15)13-5-3-4-6-14(13)17/h3-6,11-12H,2,7-10,17H2,1H3. The van der Waals surface area contributed by atoms with Crippen LogP contribution in [0.3, 0.4) is 0 Å². The van der Waals surface area contributed by atoms with E-state index in [1.54, 1.807) is 0 Å². The van der Waals surface area contributed by atoms with Gasteiger partial charge >= 0.3 is 0 Å². The summed E-state index contributed by atoms with van der Waals surface area (Å²) in [5.74, 6) is 2.70. The third-order valence-corrected chi connectivity index (χ3v) is 4.42. The minimum Gasteiger partial charge on any atom is -0.398 e. The summed E-state index contributed by atoms with van der Waals surface area (Å²) in [5, 5.41) is 4.17. The van der Waals surface area contributed by atoms with Gasteiger partial charge in [0, 0.05) is 11.6 Å². The second kappa shape index (κ2) is 5.65. The number of hydrogen-bond acceptors (Lipinski definition) is 4. The van der Waals surface area contributed by atoms with Crippen LogP contribution in [0.5, 0.6) is 0 Å². The van der Waals surface area contributed by atoms with E-state index in [1.165, 1.54) is 32.1 Å². The molecule has 20 heavy (non-hydrogen) atoms. The average molecular weight is 271 g/mol. The summed E-state index contributed by atoms with van der Waals surface area (Å²) in [4.78, 5) is 4.56. The van der Waals surface area contributed by atoms with Crippen LogP contribution in [-0.2, 0) is 0 Å². The van der Waals surface area contributed by atoms with Crippen molar-refractivity contribution in [2.75, 3.05) is 5.73 Å². The van der Waals surface area contributed by atoms with Gasteiger partial charge in [0.05, 0.1) is 5.56 Å². The number of anilines is 1. The maximum atomic E-state index is 5.95. The minimum absolute atomic E-state index is 0.445. The summed E-state index contributed by atoms with van der Waals surface area (Å²) in [6.07, 6.45) is 6.17. The largest absolute Gasteiger partial charge is 0.398 e. The third-order valence-electron chi connectivity index (χ3n) is 4.42. The molecule has 0 saturated heterocycles. The quantitative estimate of drug-likeness (QED) is 0.857. The summed E-state index contributed by atoms with van der Waals surface area (Å²) in [6, 6.07) is 7.61. The molecule has 1 aromatic carbocycles. The van der Waals surface area contributed by atoms with Gasteiger partial charge in [-0.15, -0.1) is 0 Å². The van der Waals surface area contributed by atoms with Crippen molar-refractivity contribution in [2.24, 2.45) is 5.92 Å². The molecular formula is C16H21N3O. The van der Waals surface area contributed by atoms with Crippen molar-refractivity contribution in [3.05, 3.63) is 30.1 Å². The van der Waals surface area contributed by atoms with Crippen molar-refractivity contribution in [2.45, 2.75) is 44.9 Å². The molecule has 106 valence electrons. The Morgan fingerprint density at radius 1 is 1.20 bits per heavy atom. The Balaban J connectivity index is 1.76. The highest BCUT2D eigenvalue weighted by Gasteiger charge is 2.25. The molecule has 0 spiro atoms. The van der Waals surface area contributed by atoms with Gasteiger partial charge in [-0.1, -0.05) is 30.6 Å². The summed E-state index contributed by atoms with van der Waals surface area (Å²) < 4.78 is 5.40. The summed E-state index contributed by atoms with van der Waals surface area (Å²) in [7, 11) is 0. The van der Waals surface area contributed by atoms with Crippen LogP contribution in [0.2, 0.25) is 0 Å². The van der Waals surface area contributed by atoms with Crippen molar-refractivity contribution in [1.82, 2.24) is 10.1 Å². The Morgan fingerprint density at radius 3 is 2.65 bits per heavy atom. The Kier molecular flexibility index (Phi) is 3.72. The molecule has 0 unspecified atom stereocenters. The molecule has 0 radical (unpaired) electrons. The van der Waals surface area contributed by atoms with Gasteiger partial charge in [-0.05, 0) is 43.7 Å². The fourth-order valence-corrected chi connectivity index (χ4v) is 3.03. The first-order valence-corrected chi connectivity index (χ1v) is 7.46. The number of nitrogens with zero attached hydrogens (tertiary/aromatic N) is 2. The van der Waals surface area contributed by atoms with E-state index in [4.69, 9.17) is 10.3 Å². The molecule has 4 heteroatoms. The monoisotopic (exact) mass is 271 g/mol. The van der Waals surface area contributed by atoms with E-state index >= 15 is 0 Å². The zero-order chi connectivity index (χ0) is 13.9. The Labute approximate surface area is 119 Å². The molecule has 1 fully saturated rings. The van der Waals surface area contributed by atoms with Crippen LogP contribution in [0.15, 0.2) is 28.8 Å². The van der Waals surface area contributed by atoms with Crippen molar-refractivity contribution in [3.8, 4) is 11.5 Å². The Hall–Kier alpha value is -1.84. The molecule has 3 rings (SSSR count). The molecule has 1 aliphatic carbocycles. The average Bonchev–Trinajstić information content (AvgIpc) is 2.97. The molecule has 0 amide bonds. The molecule has 1 saturated carbocycles. The van der Waals surface area contributed by atoms with Gasteiger partial charge in [0.15, 0.2) is 5.82 Å². The van der Waals surface area contributed by atoms with E-state index in [0.717, 1.165) is 17.3 Å². The molecule has 1 aromatic heterocycles. The van der Waals surface area contributed by atoms with Gasteiger partial charge in [-0.3, -0.25) is 0 Å². The summed E-state index contributed by atoms with van der Waals surface area (Å²) >= 11 is 0. The fraction of sp³-hybridized carbons (Fsp3) is 0.500. The molecule has 4 nitrogen and oxygen atoms in total. The van der Waals surface area contributed by atoms with Gasteiger partial charge in [-0.25, -0.2) is 0 Å². The first-order chi connectivity index (χ1) is 9.78. The number of aromatic nitrogens is 2. The number of para-hydroxylation sites is 1. The highest BCUT2D eigenvalue weighted by Crippen LogP contribution is 2.36. The van der Waals surface area contributed by atoms with E-state index in [0.29, 0.717) is 17.5 Å². The van der Waals surface area contributed by atoms with Gasteiger partial charge in [-0.2, -0.15) is 4.98 Å². The molecule has 1 heterocycles. The fourth-order valence-electron chi connectivity index (χ4n) is 3.03. The van der Waals surface area contributed by atoms with E-state index < -0.39 is 0 Å². The second-order valence-electron chi connectivity index (χ2n) is 5.67. The zero-order valence-corrected chi connectivity index (χ0v) is 11.9. The minimum atomic E-state index is 0.445. The molecule has 0 bridgehead atoms. The lowest BCUT2D eigenvalue weighted by molar-refractivity contribution is 0.305. The van der Waals surface area contributed by atoms with Crippen LogP contribution >= 0.6 is 0 Å². The zero-order valence-electron chi connectivity index (χ0n) is 11.9. The number of hydrogen-bond donors (Lipinski definition) is 1. The van der Waals surface area contributed by atoms with Crippen LogP contribution in [0.4, 0.5) is 5.69 Å². The lowest BCUT2D eigenvalue weighted by Gasteiger charge is -2.25. The van der Waals surface area contributed by atoms with Crippen LogP contribution in [0.1, 0.15) is 50.8 Å². The van der Waals surface area contributed by atoms with Crippen molar-refractivity contribution in [3.63, 3.8) is 0 Å². The van der Waals surface area contributed by atoms with Crippen LogP contribution < -0.4 is 5.73 Å². The number of rotatable bonds is 3. The van der Waals surface area contributed by atoms with Crippen LogP contribution in [-0.4, -0.2) is 10.1 Å². The molecule has 0 atom stereocenters. The van der Waals surface area contributed by atoms with Crippen molar-refractivity contribution in [1.29, 1.82) is 0 Å². The van der Waals surface area contributed by atoms with Crippen molar-refractivity contribution >= 4 is 5.69 Å². The molecule has 2 aromatic rings. The second-order valence-corrected chi connectivity index (χ2v) is 5.67. The van der Waals surface area contributed by atoms with Crippen molar-refractivity contribution < 1.29 is 4.52 Å². The molecule has 0 aliphatic heterocycles. The molecular weight excluding hydrogens is 250 g/mol. The van der Waals surface area contributed by atoms with Gasteiger partial charge < -0.3 is 10.3 Å². The molecule has 2 N–H and O–H groups in total. The SMILES string of the molecule is CCC1CCC(c2noc(-c3ccccc3N)n2)CC1. The van der Waals surface area contributed by atoms with E-state index in [9.17, 15) is 0 Å². The summed E-state index contributed by atoms with van der Waals surface area (Å²) in [5.41, 5.74) is 7.45. The third kappa shape index (κ3) is 2.55. The smallest absolute Gasteiger partial charge is 0.260 e. The first kappa shape index (κ1) is 13.2. The lowest BCUT2D eigenvalue weighted by Crippen LogP contribution is -2.13. The predicted molar refractivity (Wildman–Crippen MR) is 79.1 cm³/mol. The Morgan fingerprint density at radius 2 is 1.95 bits per heavy atom. The number of nitrogens with two attached hydrogens (primary N) is 1. The lowest BCUT2D eigenvalue weighted by atomic mass is 9.80. The maximum Gasteiger partial charge on any atom is 0.260 e. The van der Waals surface area contributed by atoms with E-state index in [2.05, 4.69) is 17.1 Å². The highest BCUT2D eigenvalue weighted by atomic mass is 16.5. The summed E-state index contributed by atoms with van der Waals surface area (Å²) in [6.45, 7) is 2.27. The molecule has 1 aliphatic rings. The number of nitrogen functional groups attached to an aromatic ring is 1. The number of benzene rings is 1. The first-order valence-electron chi connectivity index (χ1n) is 7.46. The van der Waals surface area contributed by atoms with Gasteiger partial charge in [0.2, 0.25) is 0 Å². The topological polar surface area (TPSA) is 64.9 Å². The van der Waals surface area contributed by atoms with Crippen LogP contribution in [0.25, 0.3) is 11.5 Å². The Bertz CT molecular complexity index is 571. The van der Waals surface area contributed by atoms with Gasteiger partial charge in [0.25, 0.3) is 5.89 Å². The highest BCUT2D eigenvalue weighted by molar-refractivity contribution is 5.69. The normalized spacial score (nSPS) is 22.9. The predicted octanol–water partition coefficient (Wildman–Crippen LogP) is 4.00. The van der Waals surface area contributed by atoms with Crippen LogP contribution in [0, 0.1) is 5.92 Å². The van der Waals surface area contributed by atoms with E-state index in [1.807, 2.05) is 24.3 Å².